The minimum Gasteiger partial charge on any atom is -0.431 e. The third kappa shape index (κ3) is 3.23. The predicted molar refractivity (Wildman–Crippen MR) is 85.5 cm³/mol. The van der Waals surface area contributed by atoms with E-state index in [0.717, 1.165) is 35.2 Å². The highest BCUT2D eigenvalue weighted by atomic mass is 32.2. The summed E-state index contributed by atoms with van der Waals surface area (Å²) < 4.78 is 5.67. The summed E-state index contributed by atoms with van der Waals surface area (Å²) in [7, 11) is 0. The molecule has 0 fully saturated rings. The maximum atomic E-state index is 5.67. The average molecular weight is 304 g/mol. The molecule has 104 valence electrons. The van der Waals surface area contributed by atoms with Gasteiger partial charge in [0.15, 0.2) is 5.58 Å². The highest BCUT2D eigenvalue weighted by Crippen LogP contribution is 2.22. The molecule has 3 rings (SSSR count). The van der Waals surface area contributed by atoms with Gasteiger partial charge in [0.25, 0.3) is 5.22 Å². The summed E-state index contributed by atoms with van der Waals surface area (Å²) in [4.78, 5) is 5.86. The number of benzene rings is 1. The summed E-state index contributed by atoms with van der Waals surface area (Å²) in [6, 6.07) is 10.0. The molecule has 0 aliphatic carbocycles. The van der Waals surface area contributed by atoms with Gasteiger partial charge in [0.2, 0.25) is 0 Å². The Labute approximate surface area is 126 Å². The summed E-state index contributed by atoms with van der Waals surface area (Å²) in [5.41, 5.74) is 3.16. The Morgan fingerprint density at radius 2 is 2.20 bits per heavy atom. The van der Waals surface area contributed by atoms with E-state index in [9.17, 15) is 0 Å². The maximum absolute atomic E-state index is 5.67. The van der Waals surface area contributed by atoms with Crippen molar-refractivity contribution in [3.8, 4) is 0 Å². The fourth-order valence-electron chi connectivity index (χ4n) is 1.91. The highest BCUT2D eigenvalue weighted by molar-refractivity contribution is 7.99. The quantitative estimate of drug-likeness (QED) is 0.550. The summed E-state index contributed by atoms with van der Waals surface area (Å²) in [6.07, 6.45) is 0. The first kappa shape index (κ1) is 13.7. The van der Waals surface area contributed by atoms with E-state index in [1.165, 1.54) is 10.4 Å². The summed E-state index contributed by atoms with van der Waals surface area (Å²) >= 11 is 3.46. The molecule has 0 bridgehead atoms. The summed E-state index contributed by atoms with van der Waals surface area (Å²) in [5, 5.41) is 6.34. The van der Waals surface area contributed by atoms with Gasteiger partial charge in [-0.15, -0.1) is 11.3 Å². The molecule has 1 aromatic carbocycles. The van der Waals surface area contributed by atoms with E-state index in [1.54, 1.807) is 23.1 Å². The Balaban J connectivity index is 1.44. The van der Waals surface area contributed by atoms with E-state index in [1.807, 2.05) is 24.3 Å². The fourth-order valence-corrected chi connectivity index (χ4v) is 3.52. The zero-order valence-corrected chi connectivity index (χ0v) is 12.9. The molecule has 5 heteroatoms. The van der Waals surface area contributed by atoms with Crippen LogP contribution in [-0.4, -0.2) is 17.3 Å². The first-order valence-electron chi connectivity index (χ1n) is 6.55. The van der Waals surface area contributed by atoms with Crippen LogP contribution in [0.25, 0.3) is 11.1 Å². The van der Waals surface area contributed by atoms with Gasteiger partial charge >= 0.3 is 0 Å². The van der Waals surface area contributed by atoms with Gasteiger partial charge in [-0.2, -0.15) is 0 Å². The monoisotopic (exact) mass is 304 g/mol. The number of para-hydroxylation sites is 2. The van der Waals surface area contributed by atoms with E-state index in [-0.39, 0.29) is 0 Å². The molecule has 0 atom stereocenters. The van der Waals surface area contributed by atoms with Crippen LogP contribution in [0.1, 0.15) is 10.4 Å². The SMILES string of the molecule is Cc1ccsc1CNCCSc1nc2ccccc2o1. The van der Waals surface area contributed by atoms with Crippen LogP contribution in [-0.2, 0) is 6.54 Å². The van der Waals surface area contributed by atoms with Crippen molar-refractivity contribution < 1.29 is 4.42 Å². The number of fused-ring (bicyclic) bond motifs is 1. The molecule has 20 heavy (non-hydrogen) atoms. The molecule has 0 amide bonds. The molecule has 0 aliphatic rings. The van der Waals surface area contributed by atoms with Gasteiger partial charge in [-0.25, -0.2) is 4.98 Å². The van der Waals surface area contributed by atoms with Crippen molar-refractivity contribution in [1.29, 1.82) is 0 Å². The highest BCUT2D eigenvalue weighted by Gasteiger charge is 2.05. The van der Waals surface area contributed by atoms with E-state index >= 15 is 0 Å². The summed E-state index contributed by atoms with van der Waals surface area (Å²) in [5.74, 6) is 0.956. The Bertz CT molecular complexity index is 657. The number of thiophene rings is 1. The smallest absolute Gasteiger partial charge is 0.256 e. The Hall–Kier alpha value is -1.30. The van der Waals surface area contributed by atoms with Crippen molar-refractivity contribution in [2.75, 3.05) is 12.3 Å². The van der Waals surface area contributed by atoms with Crippen molar-refractivity contribution in [2.45, 2.75) is 18.7 Å². The first-order valence-corrected chi connectivity index (χ1v) is 8.41. The van der Waals surface area contributed by atoms with Crippen LogP contribution >= 0.6 is 23.1 Å². The minimum absolute atomic E-state index is 0.750. The molecule has 2 aromatic heterocycles. The second-order valence-electron chi connectivity index (χ2n) is 4.50. The van der Waals surface area contributed by atoms with E-state index < -0.39 is 0 Å². The van der Waals surface area contributed by atoms with Crippen LogP contribution in [0.3, 0.4) is 0 Å². The van der Waals surface area contributed by atoms with Gasteiger partial charge in [0.05, 0.1) is 0 Å². The van der Waals surface area contributed by atoms with Gasteiger partial charge in [0, 0.05) is 23.7 Å². The zero-order chi connectivity index (χ0) is 13.8. The van der Waals surface area contributed by atoms with Crippen LogP contribution in [0.2, 0.25) is 0 Å². The van der Waals surface area contributed by atoms with Crippen LogP contribution < -0.4 is 5.32 Å². The Kier molecular flexibility index (Phi) is 4.40. The number of nitrogens with one attached hydrogen (secondary N) is 1. The van der Waals surface area contributed by atoms with Gasteiger partial charge < -0.3 is 9.73 Å². The van der Waals surface area contributed by atoms with Crippen molar-refractivity contribution in [1.82, 2.24) is 10.3 Å². The summed E-state index contributed by atoms with van der Waals surface area (Å²) in [6.45, 7) is 4.04. The lowest BCUT2D eigenvalue weighted by Gasteiger charge is -2.02. The number of aromatic nitrogens is 1. The molecule has 0 saturated carbocycles. The third-order valence-corrected chi connectivity index (χ3v) is 4.89. The molecular weight excluding hydrogens is 288 g/mol. The number of oxazole rings is 1. The molecule has 2 heterocycles. The third-order valence-electron chi connectivity index (χ3n) is 3.03. The number of thioether (sulfide) groups is 1. The van der Waals surface area contributed by atoms with Crippen molar-refractivity contribution in [3.63, 3.8) is 0 Å². The second-order valence-corrected chi connectivity index (χ2v) is 6.55. The lowest BCUT2D eigenvalue weighted by molar-refractivity contribution is 0.489. The van der Waals surface area contributed by atoms with Crippen LogP contribution in [0.15, 0.2) is 45.4 Å². The van der Waals surface area contributed by atoms with Gasteiger partial charge in [0.1, 0.15) is 5.52 Å². The Morgan fingerprint density at radius 3 is 3.00 bits per heavy atom. The number of hydrogen-bond acceptors (Lipinski definition) is 5. The Morgan fingerprint density at radius 1 is 1.30 bits per heavy atom. The van der Waals surface area contributed by atoms with Crippen LogP contribution in [0.4, 0.5) is 0 Å². The molecule has 0 radical (unpaired) electrons. The number of hydrogen-bond donors (Lipinski definition) is 1. The normalized spacial score (nSPS) is 11.2. The van der Waals surface area contributed by atoms with E-state index in [0.29, 0.717) is 0 Å². The lowest BCUT2D eigenvalue weighted by Crippen LogP contribution is -2.16. The van der Waals surface area contributed by atoms with Gasteiger partial charge in [-0.3, -0.25) is 0 Å². The number of nitrogens with zero attached hydrogens (tertiary/aromatic N) is 1. The second kappa shape index (κ2) is 6.43. The zero-order valence-electron chi connectivity index (χ0n) is 11.3. The van der Waals surface area contributed by atoms with Gasteiger partial charge in [-0.05, 0) is 36.1 Å². The largest absolute Gasteiger partial charge is 0.431 e. The maximum Gasteiger partial charge on any atom is 0.256 e. The molecule has 0 saturated heterocycles. The number of rotatable bonds is 6. The van der Waals surface area contributed by atoms with E-state index in [2.05, 4.69) is 28.7 Å². The lowest BCUT2D eigenvalue weighted by atomic mass is 10.3. The molecule has 0 unspecified atom stereocenters. The molecule has 1 N–H and O–H groups in total. The first-order chi connectivity index (χ1) is 9.83. The van der Waals surface area contributed by atoms with Crippen LogP contribution in [0.5, 0.6) is 0 Å². The fraction of sp³-hybridized carbons (Fsp3) is 0.267. The molecular formula is C15H16N2OS2. The molecule has 3 nitrogen and oxygen atoms in total. The van der Waals surface area contributed by atoms with Crippen molar-refractivity contribution in [3.05, 3.63) is 46.2 Å². The molecule has 0 spiro atoms. The molecule has 3 aromatic rings. The van der Waals surface area contributed by atoms with Gasteiger partial charge in [-0.1, -0.05) is 23.9 Å². The van der Waals surface area contributed by atoms with E-state index in [4.69, 9.17) is 4.42 Å². The average Bonchev–Trinajstić information content (AvgIpc) is 3.04. The topological polar surface area (TPSA) is 38.1 Å². The standard InChI is InChI=1S/C15H16N2OS2/c1-11-6-8-19-14(11)10-16-7-9-20-15-17-12-4-2-3-5-13(12)18-15/h2-6,8,16H,7,9-10H2,1H3. The predicted octanol–water partition coefficient (Wildman–Crippen LogP) is 4.08. The number of aryl methyl sites for hydroxylation is 1. The van der Waals surface area contributed by atoms with Crippen molar-refractivity contribution in [2.24, 2.45) is 0 Å². The van der Waals surface area contributed by atoms with Crippen LogP contribution in [0, 0.1) is 6.92 Å². The van der Waals surface area contributed by atoms with Crippen molar-refractivity contribution >= 4 is 34.2 Å². The molecule has 0 aliphatic heterocycles. The minimum atomic E-state index is 0.750.